The van der Waals surface area contributed by atoms with Gasteiger partial charge < -0.3 is 10.0 Å². The Balaban J connectivity index is 2.15. The zero-order valence-corrected chi connectivity index (χ0v) is 11.2. The fourth-order valence-corrected chi connectivity index (χ4v) is 2.91. The smallest absolute Gasteiger partial charge is 0.0552 e. The molecule has 3 heteroatoms. The number of rotatable bonds is 3. The SMILES string of the molecule is CC(O)Cc1ccc(N2CCCC2)c(Br)c1. The zero-order chi connectivity index (χ0) is 11.5. The van der Waals surface area contributed by atoms with Crippen LogP contribution in [0.2, 0.25) is 0 Å². The first-order valence-corrected chi connectivity index (χ1v) is 6.67. The number of benzene rings is 1. The van der Waals surface area contributed by atoms with Crippen molar-refractivity contribution in [1.82, 2.24) is 0 Å². The highest BCUT2D eigenvalue weighted by atomic mass is 79.9. The highest BCUT2D eigenvalue weighted by molar-refractivity contribution is 9.10. The van der Waals surface area contributed by atoms with Crippen molar-refractivity contribution in [3.8, 4) is 0 Å². The molecule has 0 spiro atoms. The van der Waals surface area contributed by atoms with Gasteiger partial charge in [0.05, 0.1) is 11.8 Å². The van der Waals surface area contributed by atoms with Gasteiger partial charge in [0.1, 0.15) is 0 Å². The van der Waals surface area contributed by atoms with E-state index in [4.69, 9.17) is 0 Å². The minimum absolute atomic E-state index is 0.274. The fourth-order valence-electron chi connectivity index (χ4n) is 2.23. The van der Waals surface area contributed by atoms with Crippen LogP contribution in [0.25, 0.3) is 0 Å². The molecule has 1 N–H and O–H groups in total. The summed E-state index contributed by atoms with van der Waals surface area (Å²) in [6, 6.07) is 6.40. The first-order chi connectivity index (χ1) is 7.66. The van der Waals surface area contributed by atoms with E-state index in [-0.39, 0.29) is 6.10 Å². The van der Waals surface area contributed by atoms with Crippen molar-refractivity contribution in [3.63, 3.8) is 0 Å². The number of aliphatic hydroxyl groups excluding tert-OH is 1. The van der Waals surface area contributed by atoms with E-state index >= 15 is 0 Å². The highest BCUT2D eigenvalue weighted by Gasteiger charge is 2.15. The van der Waals surface area contributed by atoms with E-state index in [1.807, 2.05) is 6.92 Å². The van der Waals surface area contributed by atoms with Crippen molar-refractivity contribution in [2.24, 2.45) is 0 Å². The summed E-state index contributed by atoms with van der Waals surface area (Å²) in [6.07, 6.45) is 3.03. The van der Waals surface area contributed by atoms with Gasteiger partial charge in [0.25, 0.3) is 0 Å². The first kappa shape index (κ1) is 11.9. The third-order valence-electron chi connectivity index (χ3n) is 2.99. The molecule has 1 atom stereocenters. The lowest BCUT2D eigenvalue weighted by molar-refractivity contribution is 0.195. The van der Waals surface area contributed by atoms with E-state index in [9.17, 15) is 5.11 Å². The summed E-state index contributed by atoms with van der Waals surface area (Å²) < 4.78 is 1.15. The monoisotopic (exact) mass is 283 g/mol. The summed E-state index contributed by atoms with van der Waals surface area (Å²) in [5.74, 6) is 0. The largest absolute Gasteiger partial charge is 0.393 e. The molecule has 0 saturated carbocycles. The standard InChI is InChI=1S/C13H18BrNO/c1-10(16)8-11-4-5-13(12(14)9-11)15-6-2-3-7-15/h4-5,9-10,16H,2-3,6-8H2,1H3. The third-order valence-corrected chi connectivity index (χ3v) is 3.63. The predicted octanol–water partition coefficient (Wildman–Crippen LogP) is 2.97. The number of hydrogen-bond donors (Lipinski definition) is 1. The lowest BCUT2D eigenvalue weighted by Crippen LogP contribution is -2.18. The molecule has 1 saturated heterocycles. The molecule has 2 rings (SSSR count). The van der Waals surface area contributed by atoms with E-state index in [0.717, 1.165) is 24.0 Å². The Morgan fingerprint density at radius 3 is 2.62 bits per heavy atom. The molecule has 0 aromatic heterocycles. The summed E-state index contributed by atoms with van der Waals surface area (Å²) >= 11 is 3.62. The molecule has 0 amide bonds. The van der Waals surface area contributed by atoms with Crippen LogP contribution in [0.5, 0.6) is 0 Å². The van der Waals surface area contributed by atoms with E-state index in [2.05, 4.69) is 39.0 Å². The maximum atomic E-state index is 9.35. The summed E-state index contributed by atoms with van der Waals surface area (Å²) in [5.41, 5.74) is 2.47. The molecular weight excluding hydrogens is 266 g/mol. The molecule has 2 nitrogen and oxygen atoms in total. The van der Waals surface area contributed by atoms with Gasteiger partial charge in [-0.05, 0) is 59.8 Å². The van der Waals surface area contributed by atoms with Gasteiger partial charge in [-0.1, -0.05) is 6.07 Å². The molecule has 88 valence electrons. The number of halogens is 1. The van der Waals surface area contributed by atoms with Crippen molar-refractivity contribution in [2.75, 3.05) is 18.0 Å². The molecule has 1 aliphatic rings. The van der Waals surface area contributed by atoms with Gasteiger partial charge >= 0.3 is 0 Å². The Kier molecular flexibility index (Phi) is 3.87. The second kappa shape index (κ2) is 5.19. The van der Waals surface area contributed by atoms with Crippen molar-refractivity contribution in [1.29, 1.82) is 0 Å². The zero-order valence-electron chi connectivity index (χ0n) is 9.62. The van der Waals surface area contributed by atoms with Crippen LogP contribution in [0.4, 0.5) is 5.69 Å². The van der Waals surface area contributed by atoms with E-state index in [0.29, 0.717) is 0 Å². The Morgan fingerprint density at radius 2 is 2.06 bits per heavy atom. The Morgan fingerprint density at radius 1 is 1.38 bits per heavy atom. The summed E-state index contributed by atoms with van der Waals surface area (Å²) in [6.45, 7) is 4.14. The van der Waals surface area contributed by atoms with Crippen molar-refractivity contribution >= 4 is 21.6 Å². The summed E-state index contributed by atoms with van der Waals surface area (Å²) in [7, 11) is 0. The number of hydrogen-bond acceptors (Lipinski definition) is 2. The molecule has 0 radical (unpaired) electrons. The van der Waals surface area contributed by atoms with Crippen LogP contribution in [0.3, 0.4) is 0 Å². The van der Waals surface area contributed by atoms with Crippen LogP contribution < -0.4 is 4.90 Å². The lowest BCUT2D eigenvalue weighted by Gasteiger charge is -2.20. The van der Waals surface area contributed by atoms with Crippen LogP contribution in [0.1, 0.15) is 25.3 Å². The molecule has 1 heterocycles. The van der Waals surface area contributed by atoms with Gasteiger partial charge in [-0.3, -0.25) is 0 Å². The third kappa shape index (κ3) is 2.77. The van der Waals surface area contributed by atoms with Crippen molar-refractivity contribution in [3.05, 3.63) is 28.2 Å². The average molecular weight is 284 g/mol. The van der Waals surface area contributed by atoms with E-state index < -0.39 is 0 Å². The molecule has 0 aliphatic carbocycles. The Hall–Kier alpha value is -0.540. The Bertz CT molecular complexity index is 359. The maximum Gasteiger partial charge on any atom is 0.0552 e. The maximum absolute atomic E-state index is 9.35. The van der Waals surface area contributed by atoms with Crippen LogP contribution >= 0.6 is 15.9 Å². The fraction of sp³-hybridized carbons (Fsp3) is 0.538. The van der Waals surface area contributed by atoms with Crippen LogP contribution in [0.15, 0.2) is 22.7 Å². The van der Waals surface area contributed by atoms with Crippen LogP contribution in [0, 0.1) is 0 Å². The molecule has 1 unspecified atom stereocenters. The highest BCUT2D eigenvalue weighted by Crippen LogP contribution is 2.30. The van der Waals surface area contributed by atoms with Gasteiger partial charge in [0, 0.05) is 17.6 Å². The molecule has 1 fully saturated rings. The molecular formula is C13H18BrNO. The normalized spacial score (nSPS) is 17.8. The van der Waals surface area contributed by atoms with E-state index in [1.165, 1.54) is 24.1 Å². The van der Waals surface area contributed by atoms with Crippen molar-refractivity contribution in [2.45, 2.75) is 32.3 Å². The second-order valence-corrected chi connectivity index (χ2v) is 5.39. The summed E-state index contributed by atoms with van der Waals surface area (Å²) in [5, 5.41) is 9.35. The first-order valence-electron chi connectivity index (χ1n) is 5.88. The lowest BCUT2D eigenvalue weighted by atomic mass is 10.1. The molecule has 1 aromatic carbocycles. The van der Waals surface area contributed by atoms with Gasteiger partial charge in [0.15, 0.2) is 0 Å². The minimum atomic E-state index is -0.274. The average Bonchev–Trinajstić information content (AvgIpc) is 2.69. The number of aliphatic hydroxyl groups is 1. The molecule has 1 aromatic rings. The molecule has 1 aliphatic heterocycles. The van der Waals surface area contributed by atoms with Crippen LogP contribution in [-0.4, -0.2) is 24.3 Å². The van der Waals surface area contributed by atoms with Gasteiger partial charge in [-0.25, -0.2) is 0 Å². The second-order valence-electron chi connectivity index (χ2n) is 4.53. The van der Waals surface area contributed by atoms with Crippen molar-refractivity contribution < 1.29 is 5.11 Å². The van der Waals surface area contributed by atoms with Crippen LogP contribution in [-0.2, 0) is 6.42 Å². The summed E-state index contributed by atoms with van der Waals surface area (Å²) in [4.78, 5) is 2.41. The topological polar surface area (TPSA) is 23.5 Å². The molecule has 0 bridgehead atoms. The van der Waals surface area contributed by atoms with Gasteiger partial charge in [-0.2, -0.15) is 0 Å². The number of anilines is 1. The molecule has 16 heavy (non-hydrogen) atoms. The quantitative estimate of drug-likeness (QED) is 0.922. The van der Waals surface area contributed by atoms with Gasteiger partial charge in [-0.15, -0.1) is 0 Å². The van der Waals surface area contributed by atoms with E-state index in [1.54, 1.807) is 0 Å². The number of nitrogens with zero attached hydrogens (tertiary/aromatic N) is 1. The van der Waals surface area contributed by atoms with Gasteiger partial charge in [0.2, 0.25) is 0 Å². The Labute approximate surface area is 105 Å². The predicted molar refractivity (Wildman–Crippen MR) is 71.0 cm³/mol. The minimum Gasteiger partial charge on any atom is -0.393 e.